The first-order valence-electron chi connectivity index (χ1n) is 7.90. The third-order valence-corrected chi connectivity index (χ3v) is 5.82. The lowest BCUT2D eigenvalue weighted by Gasteiger charge is -2.33. The molecule has 1 fully saturated rings. The third kappa shape index (κ3) is 4.00. The predicted molar refractivity (Wildman–Crippen MR) is 87.4 cm³/mol. The van der Waals surface area contributed by atoms with E-state index in [0.717, 1.165) is 19.3 Å². The highest BCUT2D eigenvalue weighted by Gasteiger charge is 2.32. The van der Waals surface area contributed by atoms with Crippen LogP contribution in [0.25, 0.3) is 0 Å². The Morgan fingerprint density at radius 1 is 1.27 bits per heavy atom. The topological polar surface area (TPSA) is 72.6 Å². The lowest BCUT2D eigenvalue weighted by molar-refractivity contribution is 0.257. The van der Waals surface area contributed by atoms with Gasteiger partial charge in [0.2, 0.25) is 10.0 Å². The Morgan fingerprint density at radius 2 is 1.95 bits per heavy atom. The first kappa shape index (κ1) is 17.2. The fourth-order valence-electron chi connectivity index (χ4n) is 2.63. The van der Waals surface area contributed by atoms with Crippen molar-refractivity contribution in [2.75, 3.05) is 19.7 Å². The largest absolute Gasteiger partial charge is 0.493 e. The molecule has 0 aromatic heterocycles. The van der Waals surface area contributed by atoms with E-state index in [4.69, 9.17) is 10.5 Å². The predicted octanol–water partition coefficient (Wildman–Crippen LogP) is 2.22. The third-order valence-electron chi connectivity index (χ3n) is 3.86. The maximum Gasteiger partial charge on any atom is 0.243 e. The van der Waals surface area contributed by atoms with Gasteiger partial charge in [0.25, 0.3) is 0 Å². The molecule has 2 rings (SSSR count). The second-order valence-corrected chi connectivity index (χ2v) is 8.07. The Balaban J connectivity index is 2.15. The molecule has 1 aliphatic rings. The summed E-state index contributed by atoms with van der Waals surface area (Å²) in [6, 6.07) is 6.59. The van der Waals surface area contributed by atoms with Crippen LogP contribution in [0, 0.1) is 5.92 Å². The van der Waals surface area contributed by atoms with Gasteiger partial charge in [-0.3, -0.25) is 0 Å². The van der Waals surface area contributed by atoms with E-state index in [1.807, 2.05) is 0 Å². The number of benzene rings is 1. The van der Waals surface area contributed by atoms with Gasteiger partial charge in [0, 0.05) is 19.1 Å². The van der Waals surface area contributed by atoms with Crippen LogP contribution in [0.2, 0.25) is 0 Å². The average Bonchev–Trinajstić information content (AvgIpc) is 2.53. The SMILES string of the molecule is CC(C)COc1ccc(S(=O)(=O)N2CCCCC2CN)cc1. The highest BCUT2D eigenvalue weighted by Crippen LogP contribution is 2.26. The van der Waals surface area contributed by atoms with Crippen molar-refractivity contribution in [1.29, 1.82) is 0 Å². The summed E-state index contributed by atoms with van der Waals surface area (Å²) in [4.78, 5) is 0.310. The number of rotatable bonds is 6. The Labute approximate surface area is 133 Å². The molecule has 1 aliphatic heterocycles. The quantitative estimate of drug-likeness (QED) is 0.870. The monoisotopic (exact) mass is 326 g/mol. The van der Waals surface area contributed by atoms with Gasteiger partial charge in [0.05, 0.1) is 11.5 Å². The van der Waals surface area contributed by atoms with Gasteiger partial charge in [0.15, 0.2) is 0 Å². The van der Waals surface area contributed by atoms with Crippen molar-refractivity contribution in [3.63, 3.8) is 0 Å². The highest BCUT2D eigenvalue weighted by molar-refractivity contribution is 7.89. The molecule has 5 nitrogen and oxygen atoms in total. The molecule has 1 atom stereocenters. The van der Waals surface area contributed by atoms with E-state index in [1.165, 1.54) is 0 Å². The van der Waals surface area contributed by atoms with Crippen LogP contribution < -0.4 is 10.5 Å². The maximum atomic E-state index is 12.8. The number of nitrogens with zero attached hydrogens (tertiary/aromatic N) is 1. The summed E-state index contributed by atoms with van der Waals surface area (Å²) in [6.07, 6.45) is 2.77. The van der Waals surface area contributed by atoms with Gasteiger partial charge < -0.3 is 10.5 Å². The molecule has 0 aliphatic carbocycles. The summed E-state index contributed by atoms with van der Waals surface area (Å²) in [5, 5.41) is 0. The molecule has 0 bridgehead atoms. The number of ether oxygens (including phenoxy) is 1. The molecule has 0 saturated carbocycles. The zero-order chi connectivity index (χ0) is 16.2. The maximum absolute atomic E-state index is 12.8. The molecule has 1 heterocycles. The zero-order valence-corrected chi connectivity index (χ0v) is 14.2. The molecule has 124 valence electrons. The summed E-state index contributed by atoms with van der Waals surface area (Å²) in [7, 11) is -3.47. The Hall–Kier alpha value is -1.11. The summed E-state index contributed by atoms with van der Waals surface area (Å²) < 4.78 is 32.7. The van der Waals surface area contributed by atoms with Gasteiger partial charge in [-0.05, 0) is 43.0 Å². The highest BCUT2D eigenvalue weighted by atomic mass is 32.2. The van der Waals surface area contributed by atoms with Crippen molar-refractivity contribution < 1.29 is 13.2 Å². The second kappa shape index (κ2) is 7.44. The molecule has 1 aromatic rings. The van der Waals surface area contributed by atoms with Crippen molar-refractivity contribution in [2.45, 2.75) is 44.0 Å². The number of piperidine rings is 1. The lowest BCUT2D eigenvalue weighted by atomic mass is 10.1. The summed E-state index contributed by atoms with van der Waals surface area (Å²) in [6.45, 7) is 5.68. The van der Waals surface area contributed by atoms with E-state index in [0.29, 0.717) is 36.3 Å². The van der Waals surface area contributed by atoms with E-state index in [9.17, 15) is 8.42 Å². The van der Waals surface area contributed by atoms with Crippen LogP contribution in [0.5, 0.6) is 5.75 Å². The molecular formula is C16H26N2O3S. The van der Waals surface area contributed by atoms with Gasteiger partial charge in [-0.1, -0.05) is 20.3 Å². The van der Waals surface area contributed by atoms with Gasteiger partial charge in [-0.2, -0.15) is 4.31 Å². The van der Waals surface area contributed by atoms with Gasteiger partial charge in [-0.15, -0.1) is 0 Å². The van der Waals surface area contributed by atoms with E-state index in [2.05, 4.69) is 13.8 Å². The summed E-state index contributed by atoms with van der Waals surface area (Å²) in [5.74, 6) is 1.13. The van der Waals surface area contributed by atoms with Gasteiger partial charge in [0.1, 0.15) is 5.75 Å². The van der Waals surface area contributed by atoms with E-state index in [1.54, 1.807) is 28.6 Å². The Kier molecular flexibility index (Phi) is 5.83. The van der Waals surface area contributed by atoms with Crippen LogP contribution in [0.15, 0.2) is 29.2 Å². The molecule has 6 heteroatoms. The standard InChI is InChI=1S/C16H26N2O3S/c1-13(2)12-21-15-6-8-16(9-7-15)22(19,20)18-10-4-3-5-14(18)11-17/h6-9,13-14H,3-5,10-12,17H2,1-2H3. The van der Waals surface area contributed by atoms with Crippen LogP contribution in [-0.4, -0.2) is 38.5 Å². The lowest BCUT2D eigenvalue weighted by Crippen LogP contribution is -2.47. The Morgan fingerprint density at radius 3 is 2.55 bits per heavy atom. The van der Waals surface area contributed by atoms with E-state index >= 15 is 0 Å². The minimum absolute atomic E-state index is 0.0874. The second-order valence-electron chi connectivity index (χ2n) is 6.18. The first-order valence-corrected chi connectivity index (χ1v) is 9.34. The molecule has 0 spiro atoms. The van der Waals surface area contributed by atoms with Gasteiger partial charge in [-0.25, -0.2) is 8.42 Å². The summed E-state index contributed by atoms with van der Waals surface area (Å²) in [5.41, 5.74) is 5.73. The van der Waals surface area contributed by atoms with Gasteiger partial charge >= 0.3 is 0 Å². The molecule has 2 N–H and O–H groups in total. The molecule has 1 saturated heterocycles. The fraction of sp³-hybridized carbons (Fsp3) is 0.625. The van der Waals surface area contributed by atoms with Crippen LogP contribution in [0.1, 0.15) is 33.1 Å². The molecule has 22 heavy (non-hydrogen) atoms. The number of sulfonamides is 1. The van der Waals surface area contributed by atoms with Crippen LogP contribution in [0.3, 0.4) is 0 Å². The van der Waals surface area contributed by atoms with Crippen molar-refractivity contribution >= 4 is 10.0 Å². The first-order chi connectivity index (χ1) is 10.4. The van der Waals surface area contributed by atoms with Crippen molar-refractivity contribution in [2.24, 2.45) is 11.7 Å². The number of hydrogen-bond donors (Lipinski definition) is 1. The minimum Gasteiger partial charge on any atom is -0.493 e. The molecule has 1 unspecified atom stereocenters. The van der Waals surface area contributed by atoms with Crippen LogP contribution in [-0.2, 0) is 10.0 Å². The van der Waals surface area contributed by atoms with Crippen molar-refractivity contribution in [3.8, 4) is 5.75 Å². The average molecular weight is 326 g/mol. The molecule has 0 radical (unpaired) electrons. The minimum atomic E-state index is -3.47. The van der Waals surface area contributed by atoms with Crippen LogP contribution in [0.4, 0.5) is 0 Å². The fourth-order valence-corrected chi connectivity index (χ4v) is 4.34. The Bertz CT molecular complexity index is 570. The molecular weight excluding hydrogens is 300 g/mol. The number of nitrogens with two attached hydrogens (primary N) is 1. The molecule has 1 aromatic carbocycles. The molecule has 0 amide bonds. The van der Waals surface area contributed by atoms with E-state index < -0.39 is 10.0 Å². The number of hydrogen-bond acceptors (Lipinski definition) is 4. The van der Waals surface area contributed by atoms with Crippen molar-refractivity contribution in [3.05, 3.63) is 24.3 Å². The van der Waals surface area contributed by atoms with E-state index in [-0.39, 0.29) is 6.04 Å². The normalized spacial score (nSPS) is 20.3. The zero-order valence-electron chi connectivity index (χ0n) is 13.4. The van der Waals surface area contributed by atoms with Crippen molar-refractivity contribution in [1.82, 2.24) is 4.31 Å². The van der Waals surface area contributed by atoms with Crippen LogP contribution >= 0.6 is 0 Å². The summed E-state index contributed by atoms with van der Waals surface area (Å²) >= 11 is 0. The smallest absolute Gasteiger partial charge is 0.243 e.